The lowest BCUT2D eigenvalue weighted by Gasteiger charge is -2.15. The molecule has 0 aliphatic rings. The minimum absolute atomic E-state index is 0.0162. The van der Waals surface area contributed by atoms with Gasteiger partial charge in [-0.1, -0.05) is 65.8 Å². The van der Waals surface area contributed by atoms with Crippen LogP contribution in [-0.2, 0) is 17.0 Å². The molecule has 1 atom stereocenters. The predicted molar refractivity (Wildman–Crippen MR) is 112 cm³/mol. The molecule has 0 saturated heterocycles. The third-order valence-corrected chi connectivity index (χ3v) is 5.31. The largest absolute Gasteiger partial charge is 0.480 e. The van der Waals surface area contributed by atoms with Crippen molar-refractivity contribution in [3.05, 3.63) is 88.5 Å². The molecule has 0 fully saturated rings. The number of halogens is 2. The first kappa shape index (κ1) is 21.7. The maximum absolute atomic E-state index is 13.0. The quantitative estimate of drug-likeness (QED) is 0.402. The van der Waals surface area contributed by atoms with Gasteiger partial charge in [-0.15, -0.1) is 0 Å². The number of amides is 1. The first-order valence-electron chi connectivity index (χ1n) is 8.90. The molecule has 0 bridgehead atoms. The lowest BCUT2D eigenvalue weighted by Crippen LogP contribution is -2.42. The van der Waals surface area contributed by atoms with E-state index < -0.39 is 17.9 Å². The Bertz CT molecular complexity index is 1040. The summed E-state index contributed by atoms with van der Waals surface area (Å²) in [5, 5.41) is 12.2. The number of nitrogens with one attached hydrogen (secondary N) is 1. The zero-order chi connectivity index (χ0) is 21.5. The zero-order valence-electron chi connectivity index (χ0n) is 15.6. The van der Waals surface area contributed by atoms with Crippen molar-refractivity contribution in [2.75, 3.05) is 0 Å². The van der Waals surface area contributed by atoms with Gasteiger partial charge in [0.05, 0.1) is 11.2 Å². The van der Waals surface area contributed by atoms with Gasteiger partial charge in [0.25, 0.3) is 5.91 Å². The average Bonchev–Trinajstić information content (AvgIpc) is 2.74. The van der Waals surface area contributed by atoms with Gasteiger partial charge in [-0.05, 0) is 23.3 Å². The topological polar surface area (TPSA) is 92.2 Å². The lowest BCUT2D eigenvalue weighted by molar-refractivity contribution is -0.139. The fourth-order valence-electron chi connectivity index (χ4n) is 2.58. The van der Waals surface area contributed by atoms with Crippen LogP contribution < -0.4 is 5.32 Å². The van der Waals surface area contributed by atoms with E-state index in [2.05, 4.69) is 15.3 Å². The van der Waals surface area contributed by atoms with Crippen LogP contribution in [-0.4, -0.2) is 33.0 Å². The number of carboxylic acid groups (broad SMARTS) is 1. The van der Waals surface area contributed by atoms with Crippen molar-refractivity contribution in [2.24, 2.45) is 0 Å². The molecule has 3 rings (SSSR count). The molecular formula is C21H17ClFN3O3S. The summed E-state index contributed by atoms with van der Waals surface area (Å²) in [4.78, 5) is 32.5. The number of hydrogen-bond donors (Lipinski definition) is 2. The van der Waals surface area contributed by atoms with Crippen molar-refractivity contribution >= 4 is 35.2 Å². The molecule has 2 aromatic carbocycles. The Hall–Kier alpha value is -2.97. The van der Waals surface area contributed by atoms with Gasteiger partial charge in [0.2, 0.25) is 0 Å². The number of thioether (sulfide) groups is 1. The van der Waals surface area contributed by atoms with E-state index in [-0.39, 0.29) is 23.0 Å². The number of hydrogen-bond acceptors (Lipinski definition) is 5. The molecule has 9 heteroatoms. The van der Waals surface area contributed by atoms with Crippen molar-refractivity contribution in [1.29, 1.82) is 0 Å². The van der Waals surface area contributed by atoms with Gasteiger partial charge in [0, 0.05) is 12.2 Å². The summed E-state index contributed by atoms with van der Waals surface area (Å²) in [5.41, 5.74) is 1.53. The molecule has 0 saturated carbocycles. The zero-order valence-corrected chi connectivity index (χ0v) is 17.2. The van der Waals surface area contributed by atoms with Crippen LogP contribution in [0.3, 0.4) is 0 Å². The molecule has 1 heterocycles. The molecule has 0 spiro atoms. The second-order valence-corrected chi connectivity index (χ2v) is 7.67. The Morgan fingerprint density at radius 2 is 1.80 bits per heavy atom. The third kappa shape index (κ3) is 6.01. The van der Waals surface area contributed by atoms with Crippen LogP contribution in [0.25, 0.3) is 0 Å². The SMILES string of the molecule is O=C(NC(Cc1ccccc1)C(=O)O)c1nc(SCc2ccc(F)cc2)ncc1Cl. The summed E-state index contributed by atoms with van der Waals surface area (Å²) in [5.74, 6) is -1.72. The molecule has 1 amide bonds. The summed E-state index contributed by atoms with van der Waals surface area (Å²) in [7, 11) is 0. The van der Waals surface area contributed by atoms with Crippen LogP contribution in [0.4, 0.5) is 4.39 Å². The fraction of sp³-hybridized carbons (Fsp3) is 0.143. The number of aliphatic carboxylic acids is 1. The van der Waals surface area contributed by atoms with Gasteiger partial charge in [-0.25, -0.2) is 19.2 Å². The van der Waals surface area contributed by atoms with Crippen LogP contribution in [0.1, 0.15) is 21.6 Å². The fourth-order valence-corrected chi connectivity index (χ4v) is 3.53. The van der Waals surface area contributed by atoms with Crippen LogP contribution in [0.15, 0.2) is 66.0 Å². The van der Waals surface area contributed by atoms with Crippen molar-refractivity contribution in [3.63, 3.8) is 0 Å². The van der Waals surface area contributed by atoms with Crippen LogP contribution in [0.5, 0.6) is 0 Å². The highest BCUT2D eigenvalue weighted by Gasteiger charge is 2.23. The molecule has 1 unspecified atom stereocenters. The summed E-state index contributed by atoms with van der Waals surface area (Å²) >= 11 is 7.31. The number of carbonyl (C=O) groups is 2. The number of carbonyl (C=O) groups excluding carboxylic acids is 1. The van der Waals surface area contributed by atoms with Gasteiger partial charge >= 0.3 is 5.97 Å². The van der Waals surface area contributed by atoms with E-state index in [4.69, 9.17) is 11.6 Å². The second kappa shape index (κ2) is 10.2. The third-order valence-electron chi connectivity index (χ3n) is 4.10. The average molecular weight is 446 g/mol. The van der Waals surface area contributed by atoms with Gasteiger partial charge in [0.1, 0.15) is 11.9 Å². The summed E-state index contributed by atoms with van der Waals surface area (Å²) in [6.07, 6.45) is 1.42. The highest BCUT2D eigenvalue weighted by Crippen LogP contribution is 2.22. The molecule has 0 aliphatic heterocycles. The Kier molecular flexibility index (Phi) is 7.37. The number of carboxylic acids is 1. The molecule has 0 aliphatic carbocycles. The minimum atomic E-state index is -1.16. The monoisotopic (exact) mass is 445 g/mol. The number of nitrogens with zero attached hydrogens (tertiary/aromatic N) is 2. The van der Waals surface area contributed by atoms with E-state index >= 15 is 0 Å². The van der Waals surface area contributed by atoms with E-state index in [1.807, 2.05) is 6.07 Å². The first-order valence-corrected chi connectivity index (χ1v) is 10.3. The lowest BCUT2D eigenvalue weighted by atomic mass is 10.1. The van der Waals surface area contributed by atoms with Crippen molar-refractivity contribution < 1.29 is 19.1 Å². The van der Waals surface area contributed by atoms with Crippen LogP contribution in [0, 0.1) is 5.82 Å². The molecule has 6 nitrogen and oxygen atoms in total. The molecule has 3 aromatic rings. The molecule has 30 heavy (non-hydrogen) atoms. The highest BCUT2D eigenvalue weighted by molar-refractivity contribution is 7.98. The van der Waals surface area contributed by atoms with Gasteiger partial charge < -0.3 is 10.4 Å². The molecule has 2 N–H and O–H groups in total. The first-order chi connectivity index (χ1) is 14.4. The van der Waals surface area contributed by atoms with Gasteiger partial charge in [-0.2, -0.15) is 0 Å². The Morgan fingerprint density at radius 1 is 1.10 bits per heavy atom. The Labute approximate surface area is 181 Å². The highest BCUT2D eigenvalue weighted by atomic mass is 35.5. The number of benzene rings is 2. The summed E-state index contributed by atoms with van der Waals surface area (Å²) in [6, 6.07) is 13.8. The smallest absolute Gasteiger partial charge is 0.326 e. The number of rotatable bonds is 8. The molecule has 0 radical (unpaired) electrons. The Balaban J connectivity index is 1.70. The van der Waals surface area contributed by atoms with E-state index in [0.29, 0.717) is 10.9 Å². The number of aromatic nitrogens is 2. The predicted octanol–water partition coefficient (Wildman–Crippen LogP) is 3.99. The maximum atomic E-state index is 13.0. The summed E-state index contributed by atoms with van der Waals surface area (Å²) < 4.78 is 13.0. The van der Waals surface area contributed by atoms with Crippen LogP contribution >= 0.6 is 23.4 Å². The standard InChI is InChI=1S/C21H17ClFN3O3S/c22-16-11-24-21(30-12-14-6-8-15(23)9-7-14)26-18(16)19(27)25-17(20(28)29)10-13-4-2-1-3-5-13/h1-9,11,17H,10,12H2,(H,25,27)(H,28,29). The van der Waals surface area contributed by atoms with Crippen LogP contribution in [0.2, 0.25) is 5.02 Å². The maximum Gasteiger partial charge on any atom is 0.326 e. The van der Waals surface area contributed by atoms with E-state index in [9.17, 15) is 19.1 Å². The van der Waals surface area contributed by atoms with E-state index in [1.54, 1.807) is 36.4 Å². The normalized spacial score (nSPS) is 11.7. The van der Waals surface area contributed by atoms with Gasteiger partial charge in [0.15, 0.2) is 10.9 Å². The van der Waals surface area contributed by atoms with Gasteiger partial charge in [-0.3, -0.25) is 4.79 Å². The van der Waals surface area contributed by atoms with E-state index in [1.165, 1.54) is 30.1 Å². The van der Waals surface area contributed by atoms with E-state index in [0.717, 1.165) is 11.1 Å². The molecular weight excluding hydrogens is 429 g/mol. The second-order valence-electron chi connectivity index (χ2n) is 6.32. The summed E-state index contributed by atoms with van der Waals surface area (Å²) in [6.45, 7) is 0. The molecule has 1 aromatic heterocycles. The minimum Gasteiger partial charge on any atom is -0.480 e. The van der Waals surface area contributed by atoms with Crippen molar-refractivity contribution in [1.82, 2.24) is 15.3 Å². The molecule has 154 valence electrons. The Morgan fingerprint density at radius 3 is 2.47 bits per heavy atom. The van der Waals surface area contributed by atoms with Crippen molar-refractivity contribution in [3.8, 4) is 0 Å². The van der Waals surface area contributed by atoms with Crippen molar-refractivity contribution in [2.45, 2.75) is 23.4 Å².